The Kier molecular flexibility index (Phi) is 12.6. The molecule has 340 valence electrons. The molecular weight excluding hydrogens is 830 g/mol. The lowest BCUT2D eigenvalue weighted by Gasteiger charge is -2.43. The largest absolute Gasteiger partial charge is 0.378 e. The summed E-state index contributed by atoms with van der Waals surface area (Å²) in [7, 11) is 0. The lowest BCUT2D eigenvalue weighted by Crippen LogP contribution is -2.53. The summed E-state index contributed by atoms with van der Waals surface area (Å²) < 4.78 is 67.9. The molecule has 8 heterocycles. The molecule has 16 nitrogen and oxygen atoms in total. The molecule has 0 amide bonds. The lowest BCUT2D eigenvalue weighted by molar-refractivity contribution is -0.0423. The van der Waals surface area contributed by atoms with Crippen LogP contribution in [0.1, 0.15) is 52.7 Å². The van der Waals surface area contributed by atoms with Crippen LogP contribution in [0.25, 0.3) is 34.0 Å². The summed E-state index contributed by atoms with van der Waals surface area (Å²) in [6.07, 6.45) is -2.67. The van der Waals surface area contributed by atoms with Gasteiger partial charge in [-0.2, -0.15) is 19.9 Å². The third-order valence-electron chi connectivity index (χ3n) is 12.2. The van der Waals surface area contributed by atoms with Crippen molar-refractivity contribution in [3.63, 3.8) is 0 Å². The summed E-state index contributed by atoms with van der Waals surface area (Å²) >= 11 is 0. The number of benzene rings is 2. The number of fused-ring (bicyclic) bond motifs is 2. The Balaban J connectivity index is 0.000000162. The van der Waals surface area contributed by atoms with Gasteiger partial charge < -0.3 is 38.5 Å². The van der Waals surface area contributed by atoms with Crippen molar-refractivity contribution in [1.29, 1.82) is 0 Å². The SMILES string of the molecule is C[C@@H]1OCCN(c2cc(N3CCOCC3)nc(-n3c(CF)nc4ccccc43)n2)[C@@H]1C.C[C@H]1COC(C)(C)CN1c1cc(N2CCOCC2)nc(-n2c(C(F)F)nc3ccccc32)n1. The van der Waals surface area contributed by atoms with Gasteiger partial charge in [0.25, 0.3) is 6.43 Å². The van der Waals surface area contributed by atoms with Crippen LogP contribution in [-0.2, 0) is 25.6 Å². The van der Waals surface area contributed by atoms with E-state index in [2.05, 4.69) is 50.3 Å². The average Bonchev–Trinajstić information content (AvgIpc) is 3.91. The van der Waals surface area contributed by atoms with E-state index in [0.717, 1.165) is 42.3 Å². The number of imidazole rings is 2. The number of alkyl halides is 3. The minimum absolute atomic E-state index is 0.0763. The maximum atomic E-state index is 14.0. The Hall–Kier alpha value is -5.63. The third-order valence-corrected chi connectivity index (χ3v) is 12.2. The minimum Gasteiger partial charge on any atom is -0.378 e. The van der Waals surface area contributed by atoms with E-state index in [4.69, 9.17) is 38.9 Å². The summed E-state index contributed by atoms with van der Waals surface area (Å²) in [6.45, 7) is 17.6. The standard InChI is InChI=1S/C23H28F2N6O2.C22H27FN6O2/c1-15-13-33-23(2,3)14-30(15)19-12-18(29-8-10-32-11-9-29)27-22(28-19)31-17-7-5-4-6-16(17)26-21(31)20(24)25;1-15-16(2)31-12-9-28(15)20-13-19(27-7-10-30-11-8-27)25-22(26-20)29-18-6-4-3-5-17(18)24-21(29)14-23/h4-7,12,15,20H,8-11,13-14H2,1-3H3;3-6,13,15-16H,7-12,14H2,1-2H3/t15-;15-,16+/m01/s1. The van der Waals surface area contributed by atoms with Crippen molar-refractivity contribution in [3.05, 3.63) is 72.3 Å². The predicted octanol–water partition coefficient (Wildman–Crippen LogP) is 6.33. The van der Waals surface area contributed by atoms with Gasteiger partial charge in [0, 0.05) is 51.4 Å². The highest BCUT2D eigenvalue weighted by molar-refractivity contribution is 5.79. The molecule has 2 aromatic carbocycles. The number of halogens is 3. The molecule has 0 spiro atoms. The fourth-order valence-corrected chi connectivity index (χ4v) is 8.62. The van der Waals surface area contributed by atoms with Crippen molar-refractivity contribution in [2.24, 2.45) is 0 Å². The minimum atomic E-state index is -2.77. The van der Waals surface area contributed by atoms with Crippen molar-refractivity contribution >= 4 is 45.3 Å². The highest BCUT2D eigenvalue weighted by Crippen LogP contribution is 2.33. The van der Waals surface area contributed by atoms with Crippen LogP contribution in [0, 0.1) is 0 Å². The topological polar surface area (TPSA) is 137 Å². The first-order chi connectivity index (χ1) is 31.0. The molecule has 64 heavy (non-hydrogen) atoms. The van der Waals surface area contributed by atoms with Gasteiger partial charge in [-0.15, -0.1) is 0 Å². The number of hydrogen-bond donors (Lipinski definition) is 0. The van der Waals surface area contributed by atoms with Gasteiger partial charge in [0.15, 0.2) is 5.82 Å². The molecule has 0 radical (unpaired) electrons. The Labute approximate surface area is 369 Å². The van der Waals surface area contributed by atoms with Gasteiger partial charge in [-0.05, 0) is 58.9 Å². The zero-order valence-electron chi connectivity index (χ0n) is 36.9. The van der Waals surface area contributed by atoms with Gasteiger partial charge in [0.2, 0.25) is 11.9 Å². The fourth-order valence-electron chi connectivity index (χ4n) is 8.62. The predicted molar refractivity (Wildman–Crippen MR) is 238 cm³/mol. The van der Waals surface area contributed by atoms with E-state index in [1.54, 1.807) is 28.8 Å². The summed E-state index contributed by atoms with van der Waals surface area (Å²) in [4.78, 5) is 36.6. The van der Waals surface area contributed by atoms with E-state index < -0.39 is 13.1 Å². The number of ether oxygens (including phenoxy) is 4. The molecule has 4 aliphatic heterocycles. The molecule has 4 saturated heterocycles. The number of hydrogen-bond acceptors (Lipinski definition) is 14. The maximum absolute atomic E-state index is 14.0. The molecule has 0 bridgehead atoms. The third kappa shape index (κ3) is 8.90. The number of nitrogens with zero attached hydrogens (tertiary/aromatic N) is 12. The molecule has 3 atom stereocenters. The van der Waals surface area contributed by atoms with Crippen molar-refractivity contribution in [2.75, 3.05) is 98.5 Å². The normalized spacial score (nSPS) is 21.7. The van der Waals surface area contributed by atoms with Gasteiger partial charge >= 0.3 is 0 Å². The average molecular weight is 885 g/mol. The second kappa shape index (κ2) is 18.5. The first-order valence-corrected chi connectivity index (χ1v) is 22.0. The monoisotopic (exact) mass is 884 g/mol. The molecule has 0 unspecified atom stereocenters. The van der Waals surface area contributed by atoms with Crippen LogP contribution in [0.15, 0.2) is 60.7 Å². The van der Waals surface area contributed by atoms with Crippen LogP contribution in [0.4, 0.5) is 36.4 Å². The van der Waals surface area contributed by atoms with E-state index in [9.17, 15) is 13.2 Å². The van der Waals surface area contributed by atoms with Gasteiger partial charge in [0.1, 0.15) is 35.8 Å². The van der Waals surface area contributed by atoms with Gasteiger partial charge in [-0.1, -0.05) is 24.3 Å². The summed E-state index contributed by atoms with van der Waals surface area (Å²) in [6, 6.07) is 18.9. The molecule has 4 fully saturated rings. The summed E-state index contributed by atoms with van der Waals surface area (Å²) in [5.74, 6) is 3.57. The van der Waals surface area contributed by atoms with Gasteiger partial charge in [-0.3, -0.25) is 9.13 Å². The molecule has 10 rings (SSSR count). The number of aromatic nitrogens is 8. The van der Waals surface area contributed by atoms with E-state index in [0.29, 0.717) is 93.7 Å². The van der Waals surface area contributed by atoms with E-state index in [-0.39, 0.29) is 35.6 Å². The zero-order chi connectivity index (χ0) is 44.5. The Bertz CT molecular complexity index is 2560. The Morgan fingerprint density at radius 3 is 1.78 bits per heavy atom. The smallest absolute Gasteiger partial charge is 0.296 e. The van der Waals surface area contributed by atoms with Crippen LogP contribution >= 0.6 is 0 Å². The number of morpholine rings is 4. The molecule has 19 heteroatoms. The fraction of sp³-hybridized carbons (Fsp3) is 0.511. The van der Waals surface area contributed by atoms with Crippen LogP contribution in [0.3, 0.4) is 0 Å². The quantitative estimate of drug-likeness (QED) is 0.168. The first-order valence-electron chi connectivity index (χ1n) is 22.0. The van der Waals surface area contributed by atoms with Gasteiger partial charge in [0.05, 0.1) is 85.5 Å². The highest BCUT2D eigenvalue weighted by atomic mass is 19.3. The van der Waals surface area contributed by atoms with Crippen molar-refractivity contribution in [3.8, 4) is 11.9 Å². The Morgan fingerprint density at radius 2 is 1.19 bits per heavy atom. The van der Waals surface area contributed by atoms with Gasteiger partial charge in [-0.25, -0.2) is 23.1 Å². The van der Waals surface area contributed by atoms with Crippen LogP contribution in [-0.4, -0.2) is 142 Å². The van der Waals surface area contributed by atoms with Crippen molar-refractivity contribution in [2.45, 2.75) is 71.5 Å². The molecule has 0 N–H and O–H groups in total. The van der Waals surface area contributed by atoms with E-state index >= 15 is 0 Å². The van der Waals surface area contributed by atoms with Crippen LogP contribution < -0.4 is 19.6 Å². The van der Waals surface area contributed by atoms with Crippen molar-refractivity contribution < 1.29 is 32.1 Å². The second-order valence-corrected chi connectivity index (χ2v) is 17.1. The number of rotatable bonds is 8. The molecular formula is C45H55F3N12O4. The van der Waals surface area contributed by atoms with Crippen LogP contribution in [0.5, 0.6) is 0 Å². The first kappa shape index (κ1) is 43.6. The van der Waals surface area contributed by atoms with E-state index in [1.807, 2.05) is 50.2 Å². The molecule has 6 aromatic rings. The number of anilines is 4. The summed E-state index contributed by atoms with van der Waals surface area (Å²) in [5.41, 5.74) is 2.20. The highest BCUT2D eigenvalue weighted by Gasteiger charge is 2.34. The molecule has 4 aliphatic rings. The van der Waals surface area contributed by atoms with Crippen LogP contribution in [0.2, 0.25) is 0 Å². The Morgan fingerprint density at radius 1 is 0.656 bits per heavy atom. The van der Waals surface area contributed by atoms with Crippen molar-refractivity contribution in [1.82, 2.24) is 39.0 Å². The lowest BCUT2D eigenvalue weighted by atomic mass is 10.0. The number of para-hydroxylation sites is 4. The zero-order valence-corrected chi connectivity index (χ0v) is 36.9. The maximum Gasteiger partial charge on any atom is 0.296 e. The second-order valence-electron chi connectivity index (χ2n) is 17.1. The molecule has 4 aromatic heterocycles. The molecule has 0 aliphatic carbocycles. The molecule has 0 saturated carbocycles. The van der Waals surface area contributed by atoms with E-state index in [1.165, 1.54) is 4.57 Å². The summed E-state index contributed by atoms with van der Waals surface area (Å²) in [5, 5.41) is 0.